The molecule has 3 heteroatoms. The topological polar surface area (TPSA) is 17.8 Å². The number of nitrogens with zero attached hydrogens (tertiary/aromatic N) is 2. The van der Waals surface area contributed by atoms with Gasteiger partial charge in [-0.25, -0.2) is 4.98 Å². The van der Waals surface area contributed by atoms with Crippen molar-refractivity contribution in [3.8, 4) is 0 Å². The molecule has 2 nitrogen and oxygen atoms in total. The van der Waals surface area contributed by atoms with Crippen LogP contribution in [0.2, 0.25) is 5.02 Å². The van der Waals surface area contributed by atoms with Gasteiger partial charge in [0.25, 0.3) is 0 Å². The number of rotatable bonds is 2. The number of imidazole rings is 1. The molecule has 0 bridgehead atoms. The highest BCUT2D eigenvalue weighted by molar-refractivity contribution is 6.31. The first-order chi connectivity index (χ1) is 8.74. The van der Waals surface area contributed by atoms with Crippen LogP contribution in [0.3, 0.4) is 0 Å². The normalized spacial score (nSPS) is 18.7. The molecule has 2 heterocycles. The summed E-state index contributed by atoms with van der Waals surface area (Å²) in [5, 5.41) is 0.832. The number of aromatic nitrogens is 2. The van der Waals surface area contributed by atoms with Crippen molar-refractivity contribution in [1.82, 2.24) is 9.55 Å². The molecule has 1 unspecified atom stereocenters. The molecule has 1 aliphatic heterocycles. The van der Waals surface area contributed by atoms with Crippen molar-refractivity contribution in [2.75, 3.05) is 0 Å². The summed E-state index contributed by atoms with van der Waals surface area (Å²) in [6.07, 6.45) is 5.25. The van der Waals surface area contributed by atoms with Crippen LogP contribution in [0.4, 0.5) is 0 Å². The first-order valence-corrected chi connectivity index (χ1v) is 6.88. The van der Waals surface area contributed by atoms with E-state index in [9.17, 15) is 0 Å². The Kier molecular flexibility index (Phi) is 3.13. The van der Waals surface area contributed by atoms with E-state index < -0.39 is 0 Å². The lowest BCUT2D eigenvalue weighted by molar-refractivity contribution is 0.410. The predicted molar refractivity (Wildman–Crippen MR) is 74.0 cm³/mol. The number of hydrogen-bond acceptors (Lipinski definition) is 1. The zero-order valence-corrected chi connectivity index (χ0v) is 11.3. The zero-order chi connectivity index (χ0) is 12.5. The smallest absolute Gasteiger partial charge is 0.113 e. The van der Waals surface area contributed by atoms with Crippen molar-refractivity contribution in [1.29, 1.82) is 0 Å². The molecule has 0 N–H and O–H groups in total. The predicted octanol–water partition coefficient (Wildman–Crippen LogP) is 3.71. The Morgan fingerprint density at radius 3 is 3.06 bits per heavy atom. The first-order valence-electron chi connectivity index (χ1n) is 6.50. The minimum Gasteiger partial charge on any atom is -0.332 e. The van der Waals surface area contributed by atoms with E-state index in [0.29, 0.717) is 0 Å². The Labute approximate surface area is 113 Å². The molecule has 0 fully saturated rings. The van der Waals surface area contributed by atoms with Crippen molar-refractivity contribution in [3.05, 3.63) is 52.6 Å². The zero-order valence-electron chi connectivity index (χ0n) is 10.6. The molecule has 0 aliphatic carbocycles. The average molecular weight is 261 g/mol. The van der Waals surface area contributed by atoms with Crippen molar-refractivity contribution < 1.29 is 0 Å². The van der Waals surface area contributed by atoms with Gasteiger partial charge in [0.05, 0.1) is 0 Å². The van der Waals surface area contributed by atoms with Crippen LogP contribution < -0.4 is 0 Å². The Balaban J connectivity index is 1.88. The third-order valence-electron chi connectivity index (χ3n) is 3.73. The number of halogens is 1. The van der Waals surface area contributed by atoms with Gasteiger partial charge >= 0.3 is 0 Å². The summed E-state index contributed by atoms with van der Waals surface area (Å²) in [4.78, 5) is 4.57. The van der Waals surface area contributed by atoms with Crippen LogP contribution in [0.5, 0.6) is 0 Å². The monoisotopic (exact) mass is 260 g/mol. The second-order valence-corrected chi connectivity index (χ2v) is 5.59. The van der Waals surface area contributed by atoms with Crippen LogP contribution >= 0.6 is 11.6 Å². The molecule has 1 atom stereocenters. The molecule has 0 amide bonds. The third kappa shape index (κ3) is 2.17. The van der Waals surface area contributed by atoms with E-state index in [0.717, 1.165) is 41.7 Å². The molecular formula is C15H17ClN2. The summed E-state index contributed by atoms with van der Waals surface area (Å²) in [5.74, 6) is 1.92. The van der Waals surface area contributed by atoms with Gasteiger partial charge in [0.1, 0.15) is 5.82 Å². The van der Waals surface area contributed by atoms with Crippen LogP contribution in [-0.4, -0.2) is 9.55 Å². The van der Waals surface area contributed by atoms with Crippen LogP contribution in [0, 0.1) is 5.92 Å². The fourth-order valence-corrected chi connectivity index (χ4v) is 2.85. The van der Waals surface area contributed by atoms with Crippen LogP contribution in [0.15, 0.2) is 30.5 Å². The van der Waals surface area contributed by atoms with E-state index >= 15 is 0 Å². The van der Waals surface area contributed by atoms with Gasteiger partial charge in [-0.1, -0.05) is 36.7 Å². The second-order valence-electron chi connectivity index (χ2n) is 5.18. The lowest BCUT2D eigenvalue weighted by Crippen LogP contribution is -2.18. The molecule has 0 spiro atoms. The highest BCUT2D eigenvalue weighted by atomic mass is 35.5. The maximum absolute atomic E-state index is 6.21. The van der Waals surface area contributed by atoms with Gasteiger partial charge in [-0.05, 0) is 30.4 Å². The molecule has 1 aliphatic rings. The van der Waals surface area contributed by atoms with Gasteiger partial charge in [-0.15, -0.1) is 0 Å². The molecule has 0 saturated heterocycles. The molecule has 94 valence electrons. The highest BCUT2D eigenvalue weighted by Crippen LogP contribution is 2.24. The summed E-state index contributed by atoms with van der Waals surface area (Å²) >= 11 is 6.21. The van der Waals surface area contributed by atoms with E-state index in [1.54, 1.807) is 0 Å². The van der Waals surface area contributed by atoms with E-state index in [2.05, 4.69) is 22.5 Å². The Morgan fingerprint density at radius 1 is 1.39 bits per heavy atom. The van der Waals surface area contributed by atoms with Gasteiger partial charge in [0.2, 0.25) is 0 Å². The Morgan fingerprint density at radius 2 is 2.22 bits per heavy atom. The van der Waals surface area contributed by atoms with E-state index in [1.807, 2.05) is 24.4 Å². The molecule has 18 heavy (non-hydrogen) atoms. The summed E-state index contributed by atoms with van der Waals surface area (Å²) < 4.78 is 2.36. The molecule has 0 radical (unpaired) electrons. The highest BCUT2D eigenvalue weighted by Gasteiger charge is 2.18. The minimum atomic E-state index is 0.780. The maximum Gasteiger partial charge on any atom is 0.113 e. The van der Waals surface area contributed by atoms with Crippen LogP contribution in [0.25, 0.3) is 0 Å². The first kappa shape index (κ1) is 11.8. The van der Waals surface area contributed by atoms with Crippen LogP contribution in [0.1, 0.15) is 30.4 Å². The van der Waals surface area contributed by atoms with Crippen molar-refractivity contribution in [3.63, 3.8) is 0 Å². The Hall–Kier alpha value is -1.28. The van der Waals surface area contributed by atoms with Crippen LogP contribution in [-0.2, 0) is 19.4 Å². The lowest BCUT2D eigenvalue weighted by Gasteiger charge is -2.22. The quantitative estimate of drug-likeness (QED) is 0.805. The van der Waals surface area contributed by atoms with Gasteiger partial charge in [-0.2, -0.15) is 0 Å². The Bertz CT molecular complexity index is 559. The summed E-state index contributed by atoms with van der Waals surface area (Å²) in [5.41, 5.74) is 2.53. The van der Waals surface area contributed by atoms with Gasteiger partial charge in [0, 0.05) is 29.9 Å². The molecule has 0 saturated carbocycles. The molecule has 1 aromatic heterocycles. The van der Waals surface area contributed by atoms with Crippen molar-refractivity contribution in [2.45, 2.75) is 32.7 Å². The van der Waals surface area contributed by atoms with E-state index in [-0.39, 0.29) is 0 Å². The summed E-state index contributed by atoms with van der Waals surface area (Å²) in [6, 6.07) is 8.02. The number of hydrogen-bond donors (Lipinski definition) is 0. The summed E-state index contributed by atoms with van der Waals surface area (Å²) in [7, 11) is 0. The molecule has 1 aromatic carbocycles. The largest absolute Gasteiger partial charge is 0.332 e. The maximum atomic E-state index is 6.21. The molecule has 3 rings (SSSR count). The van der Waals surface area contributed by atoms with Crippen molar-refractivity contribution >= 4 is 11.6 Å². The molecule has 2 aromatic rings. The number of benzene rings is 1. The fraction of sp³-hybridized carbons (Fsp3) is 0.400. The van der Waals surface area contributed by atoms with Gasteiger partial charge < -0.3 is 4.57 Å². The van der Waals surface area contributed by atoms with E-state index in [1.165, 1.54) is 12.1 Å². The SMILES string of the molecule is CC1CCn2c(cnc2Cc2ccccc2Cl)C1. The van der Waals surface area contributed by atoms with E-state index in [4.69, 9.17) is 11.6 Å². The van der Waals surface area contributed by atoms with Gasteiger partial charge in [0.15, 0.2) is 0 Å². The lowest BCUT2D eigenvalue weighted by atomic mass is 9.98. The third-order valence-corrected chi connectivity index (χ3v) is 4.10. The second kappa shape index (κ2) is 4.77. The summed E-state index contributed by atoms with van der Waals surface area (Å²) in [6.45, 7) is 3.40. The van der Waals surface area contributed by atoms with Crippen molar-refractivity contribution in [2.24, 2.45) is 5.92 Å². The number of fused-ring (bicyclic) bond motifs is 1. The van der Waals surface area contributed by atoms with Gasteiger partial charge in [-0.3, -0.25) is 0 Å². The minimum absolute atomic E-state index is 0.780. The molecular weight excluding hydrogens is 244 g/mol. The fourth-order valence-electron chi connectivity index (χ4n) is 2.65. The average Bonchev–Trinajstić information content (AvgIpc) is 2.74. The standard InChI is InChI=1S/C15H17ClN2/c1-11-6-7-18-13(8-11)10-17-15(18)9-12-4-2-3-5-14(12)16/h2-5,10-11H,6-9H2,1H3.